The molecule has 1 aliphatic heterocycles. The van der Waals surface area contributed by atoms with E-state index in [9.17, 15) is 0 Å². The van der Waals surface area contributed by atoms with Gasteiger partial charge in [-0.05, 0) is 37.1 Å². The molecule has 1 fully saturated rings. The summed E-state index contributed by atoms with van der Waals surface area (Å²) >= 11 is 12.6. The number of thiocarbonyl (C=S) groups is 1. The summed E-state index contributed by atoms with van der Waals surface area (Å²) in [4.78, 5) is 1.10. The number of hydrogen-bond donors (Lipinski definition) is 1. The molecule has 17 heavy (non-hydrogen) atoms. The number of benzene rings is 1. The van der Waals surface area contributed by atoms with E-state index in [-0.39, 0.29) is 0 Å². The van der Waals surface area contributed by atoms with Crippen LogP contribution < -0.4 is 5.32 Å². The van der Waals surface area contributed by atoms with Gasteiger partial charge in [-0.1, -0.05) is 35.6 Å². The van der Waals surface area contributed by atoms with Gasteiger partial charge in [0.25, 0.3) is 0 Å². The first kappa shape index (κ1) is 13.1. The lowest BCUT2D eigenvalue weighted by Crippen LogP contribution is -2.28. The first-order valence-electron chi connectivity index (χ1n) is 5.57. The topological polar surface area (TPSA) is 21.3 Å². The van der Waals surface area contributed by atoms with Crippen molar-refractivity contribution in [2.24, 2.45) is 0 Å². The third kappa shape index (κ3) is 4.47. The molecule has 2 rings (SSSR count). The number of hydrogen-bond acceptors (Lipinski definition) is 3. The Balaban J connectivity index is 1.74. The second-order valence-corrected chi connectivity index (χ2v) is 6.05. The minimum absolute atomic E-state index is 0.318. The number of nitrogens with one attached hydrogen (secondary N) is 1. The van der Waals surface area contributed by atoms with Gasteiger partial charge >= 0.3 is 0 Å². The van der Waals surface area contributed by atoms with E-state index in [1.807, 2.05) is 24.3 Å². The molecular weight excluding hydrogens is 274 g/mol. The Hall–Kier alpha value is -0.290. The number of ether oxygens (including phenoxy) is 1. The highest BCUT2D eigenvalue weighted by atomic mass is 35.5. The van der Waals surface area contributed by atoms with Gasteiger partial charge in [-0.15, -0.1) is 0 Å². The van der Waals surface area contributed by atoms with Gasteiger partial charge in [-0.25, -0.2) is 0 Å². The summed E-state index contributed by atoms with van der Waals surface area (Å²) in [6, 6.07) is 7.67. The van der Waals surface area contributed by atoms with Gasteiger partial charge in [-0.2, -0.15) is 0 Å². The fraction of sp³-hybridized carbons (Fsp3) is 0.417. The largest absolute Gasteiger partial charge is 0.376 e. The molecule has 1 saturated heterocycles. The van der Waals surface area contributed by atoms with E-state index < -0.39 is 0 Å². The lowest BCUT2D eigenvalue weighted by molar-refractivity contribution is 0.114. The fourth-order valence-electron chi connectivity index (χ4n) is 1.65. The summed E-state index contributed by atoms with van der Waals surface area (Å²) in [5.74, 6) is 0. The molecule has 1 heterocycles. The molecule has 1 atom stereocenters. The van der Waals surface area contributed by atoms with Gasteiger partial charge in [0.15, 0.2) is 0 Å². The molecule has 92 valence electrons. The summed E-state index contributed by atoms with van der Waals surface area (Å²) in [5.41, 5.74) is 0. The van der Waals surface area contributed by atoms with E-state index in [1.54, 1.807) is 11.8 Å². The summed E-state index contributed by atoms with van der Waals surface area (Å²) in [5, 5.41) is 3.97. The maximum absolute atomic E-state index is 5.82. The lowest BCUT2D eigenvalue weighted by atomic mass is 10.2. The zero-order chi connectivity index (χ0) is 12.1. The van der Waals surface area contributed by atoms with Crippen LogP contribution in [0.4, 0.5) is 0 Å². The van der Waals surface area contributed by atoms with Crippen molar-refractivity contribution in [2.75, 3.05) is 13.2 Å². The molecule has 0 spiro atoms. The van der Waals surface area contributed by atoms with Crippen LogP contribution in [0.5, 0.6) is 0 Å². The molecule has 0 aromatic heterocycles. The van der Waals surface area contributed by atoms with Gasteiger partial charge < -0.3 is 10.1 Å². The van der Waals surface area contributed by atoms with Gasteiger partial charge in [0.1, 0.15) is 4.32 Å². The smallest absolute Gasteiger partial charge is 0.138 e. The van der Waals surface area contributed by atoms with E-state index in [1.165, 1.54) is 0 Å². The van der Waals surface area contributed by atoms with Crippen LogP contribution in [0.2, 0.25) is 5.02 Å². The Labute approximate surface area is 116 Å². The number of halogens is 1. The van der Waals surface area contributed by atoms with Crippen LogP contribution in [0, 0.1) is 0 Å². The van der Waals surface area contributed by atoms with E-state index in [0.29, 0.717) is 6.10 Å². The Kier molecular flexibility index (Phi) is 5.10. The van der Waals surface area contributed by atoms with Crippen molar-refractivity contribution in [3.63, 3.8) is 0 Å². The van der Waals surface area contributed by atoms with Crippen molar-refractivity contribution in [1.82, 2.24) is 5.32 Å². The van der Waals surface area contributed by atoms with Crippen molar-refractivity contribution in [2.45, 2.75) is 23.8 Å². The highest BCUT2D eigenvalue weighted by Gasteiger charge is 2.15. The van der Waals surface area contributed by atoms with E-state index in [2.05, 4.69) is 5.32 Å². The standard InChI is InChI=1S/C12H14ClNOS2/c13-9-3-5-11(6-4-9)17-12(16)14-8-10-2-1-7-15-10/h3-6,10H,1-2,7-8H2,(H,14,16). The Bertz CT molecular complexity index is 377. The highest BCUT2D eigenvalue weighted by Crippen LogP contribution is 2.21. The molecule has 1 unspecified atom stereocenters. The molecule has 0 radical (unpaired) electrons. The second kappa shape index (κ2) is 6.59. The van der Waals surface area contributed by atoms with Crippen LogP contribution in [-0.4, -0.2) is 23.6 Å². The van der Waals surface area contributed by atoms with E-state index >= 15 is 0 Å². The van der Waals surface area contributed by atoms with E-state index in [0.717, 1.165) is 40.2 Å². The maximum atomic E-state index is 5.82. The predicted molar refractivity (Wildman–Crippen MR) is 76.9 cm³/mol. The number of rotatable bonds is 3. The lowest BCUT2D eigenvalue weighted by Gasteiger charge is -2.12. The van der Waals surface area contributed by atoms with Crippen molar-refractivity contribution in [3.05, 3.63) is 29.3 Å². The minimum atomic E-state index is 0.318. The van der Waals surface area contributed by atoms with Crippen LogP contribution in [0.25, 0.3) is 0 Å². The normalized spacial score (nSPS) is 19.2. The van der Waals surface area contributed by atoms with Crippen LogP contribution in [0.1, 0.15) is 12.8 Å². The van der Waals surface area contributed by atoms with Crippen molar-refractivity contribution in [3.8, 4) is 0 Å². The van der Waals surface area contributed by atoms with E-state index in [4.69, 9.17) is 28.6 Å². The molecule has 2 nitrogen and oxygen atoms in total. The zero-order valence-electron chi connectivity index (χ0n) is 9.32. The third-order valence-corrected chi connectivity index (χ3v) is 4.01. The van der Waals surface area contributed by atoms with Gasteiger partial charge in [-0.3, -0.25) is 0 Å². The zero-order valence-corrected chi connectivity index (χ0v) is 11.7. The Morgan fingerprint density at radius 3 is 2.88 bits per heavy atom. The average Bonchev–Trinajstić information content (AvgIpc) is 2.83. The maximum Gasteiger partial charge on any atom is 0.138 e. The summed E-state index contributed by atoms with van der Waals surface area (Å²) in [6.07, 6.45) is 2.60. The number of thioether (sulfide) groups is 1. The van der Waals surface area contributed by atoms with Crippen LogP contribution in [0.3, 0.4) is 0 Å². The fourth-order valence-corrected chi connectivity index (χ4v) is 2.79. The molecule has 0 aliphatic carbocycles. The van der Waals surface area contributed by atoms with Crippen molar-refractivity contribution >= 4 is 39.9 Å². The highest BCUT2D eigenvalue weighted by molar-refractivity contribution is 8.23. The second-order valence-electron chi connectivity index (χ2n) is 3.86. The predicted octanol–water partition coefficient (Wildman–Crippen LogP) is 3.49. The van der Waals surface area contributed by atoms with Gasteiger partial charge in [0.2, 0.25) is 0 Å². The first-order valence-corrected chi connectivity index (χ1v) is 7.17. The average molecular weight is 288 g/mol. The molecular formula is C12H14ClNOS2. The molecule has 1 aliphatic rings. The quantitative estimate of drug-likeness (QED) is 0.678. The molecule has 0 saturated carbocycles. The SMILES string of the molecule is S=C(NCC1CCCO1)Sc1ccc(Cl)cc1. The van der Waals surface area contributed by atoms with Gasteiger partial charge in [0, 0.05) is 23.1 Å². The van der Waals surface area contributed by atoms with Crippen LogP contribution >= 0.6 is 35.6 Å². The Morgan fingerprint density at radius 2 is 2.24 bits per heavy atom. The first-order chi connectivity index (χ1) is 8.24. The monoisotopic (exact) mass is 287 g/mol. The summed E-state index contributed by atoms with van der Waals surface area (Å²) < 4.78 is 6.30. The summed E-state index contributed by atoms with van der Waals surface area (Å²) in [7, 11) is 0. The molecule has 0 amide bonds. The van der Waals surface area contributed by atoms with Crippen LogP contribution in [0.15, 0.2) is 29.2 Å². The van der Waals surface area contributed by atoms with Gasteiger partial charge in [0.05, 0.1) is 6.10 Å². The van der Waals surface area contributed by atoms with Crippen molar-refractivity contribution in [1.29, 1.82) is 0 Å². The van der Waals surface area contributed by atoms with Crippen LogP contribution in [-0.2, 0) is 4.74 Å². The Morgan fingerprint density at radius 1 is 1.47 bits per heavy atom. The third-order valence-electron chi connectivity index (χ3n) is 2.52. The molecule has 1 aromatic rings. The van der Waals surface area contributed by atoms with Crippen molar-refractivity contribution < 1.29 is 4.74 Å². The molecule has 0 bridgehead atoms. The summed E-state index contributed by atoms with van der Waals surface area (Å²) in [6.45, 7) is 1.68. The molecule has 1 aromatic carbocycles. The minimum Gasteiger partial charge on any atom is -0.376 e. The molecule has 1 N–H and O–H groups in total. The molecule has 5 heteroatoms.